The highest BCUT2D eigenvalue weighted by Gasteiger charge is 2.17. The van der Waals surface area contributed by atoms with E-state index < -0.39 is 21.0 Å². The van der Waals surface area contributed by atoms with Gasteiger partial charge in [0, 0.05) is 42.3 Å². The molecule has 0 atom stereocenters. The van der Waals surface area contributed by atoms with Gasteiger partial charge in [-0.15, -0.1) is 0 Å². The van der Waals surface area contributed by atoms with E-state index in [4.69, 9.17) is 0 Å². The molecule has 11 heteroatoms. The molecule has 1 aromatic heterocycles. The van der Waals surface area contributed by atoms with Crippen molar-refractivity contribution >= 4 is 38.3 Å². The summed E-state index contributed by atoms with van der Waals surface area (Å²) in [5, 5.41) is 16.9. The Bertz CT molecular complexity index is 1130. The third-order valence-corrected chi connectivity index (χ3v) is 5.34. The second kappa shape index (κ2) is 8.06. The first-order valence-corrected chi connectivity index (χ1v) is 9.70. The number of aromatic amines is 1. The molecule has 146 valence electrons. The molecule has 4 N–H and O–H groups in total. The van der Waals surface area contributed by atoms with Gasteiger partial charge in [0.25, 0.3) is 5.69 Å². The maximum atomic E-state index is 12.2. The third-order valence-electron chi connectivity index (χ3n) is 3.88. The molecular weight excluding hydrogens is 386 g/mol. The first-order chi connectivity index (χ1) is 13.4. The number of anilines is 1. The number of sulfonamides is 1. The van der Waals surface area contributed by atoms with Crippen molar-refractivity contribution in [3.05, 3.63) is 64.8 Å². The molecular formula is C17H17N5O5S. The van der Waals surface area contributed by atoms with Gasteiger partial charge in [0.2, 0.25) is 10.0 Å². The monoisotopic (exact) mass is 403 g/mol. The lowest BCUT2D eigenvalue weighted by Gasteiger charge is -2.10. The van der Waals surface area contributed by atoms with Crippen molar-refractivity contribution in [1.29, 1.82) is 0 Å². The number of nitro groups is 1. The van der Waals surface area contributed by atoms with Crippen LogP contribution in [-0.2, 0) is 10.0 Å². The molecule has 0 saturated carbocycles. The van der Waals surface area contributed by atoms with Gasteiger partial charge in [0.05, 0.1) is 15.5 Å². The second-order valence-corrected chi connectivity index (χ2v) is 7.54. The number of carbonyl (C=O) groups is 1. The van der Waals surface area contributed by atoms with E-state index in [9.17, 15) is 23.3 Å². The van der Waals surface area contributed by atoms with Gasteiger partial charge in [-0.3, -0.25) is 10.1 Å². The van der Waals surface area contributed by atoms with Crippen molar-refractivity contribution < 1.29 is 18.1 Å². The largest absolute Gasteiger partial charge is 0.361 e. The van der Waals surface area contributed by atoms with Crippen LogP contribution in [0.5, 0.6) is 0 Å². The fourth-order valence-corrected chi connectivity index (χ4v) is 3.64. The molecule has 2 amide bonds. The van der Waals surface area contributed by atoms with E-state index in [-0.39, 0.29) is 23.7 Å². The minimum Gasteiger partial charge on any atom is -0.361 e. The normalized spacial score (nSPS) is 11.3. The molecule has 0 unspecified atom stereocenters. The smallest absolute Gasteiger partial charge is 0.319 e. The molecule has 0 bridgehead atoms. The number of hydrogen-bond donors (Lipinski definition) is 4. The SMILES string of the molecule is O=C(NCCNS(=O)(=O)c1cccc([N+](=O)[O-])c1)Nc1cccc2[nH]ccc12. The molecule has 0 saturated heterocycles. The van der Waals surface area contributed by atoms with Crippen molar-refractivity contribution in [3.8, 4) is 0 Å². The highest BCUT2D eigenvalue weighted by Crippen LogP contribution is 2.21. The molecule has 28 heavy (non-hydrogen) atoms. The number of nitrogens with one attached hydrogen (secondary N) is 4. The summed E-state index contributed by atoms with van der Waals surface area (Å²) in [7, 11) is -3.92. The van der Waals surface area contributed by atoms with Crippen LogP contribution in [0.15, 0.2) is 59.6 Å². The summed E-state index contributed by atoms with van der Waals surface area (Å²) in [4.78, 5) is 24.9. The van der Waals surface area contributed by atoms with Crippen molar-refractivity contribution in [1.82, 2.24) is 15.0 Å². The summed E-state index contributed by atoms with van der Waals surface area (Å²) in [5.74, 6) is 0. The Morgan fingerprint density at radius 3 is 2.68 bits per heavy atom. The molecule has 3 aromatic rings. The minimum atomic E-state index is -3.92. The van der Waals surface area contributed by atoms with E-state index in [1.807, 2.05) is 12.1 Å². The number of rotatable bonds is 7. The number of nitro benzene ring substituents is 1. The number of non-ortho nitro benzene ring substituents is 1. The number of benzene rings is 2. The van der Waals surface area contributed by atoms with Crippen LogP contribution in [0, 0.1) is 10.1 Å². The Morgan fingerprint density at radius 1 is 1.11 bits per heavy atom. The third kappa shape index (κ3) is 4.45. The standard InChI is InChI=1S/C17H17N5O5S/c23-17(21-16-6-2-5-15-14(16)7-8-18-15)19-9-10-20-28(26,27)13-4-1-3-12(11-13)22(24)25/h1-8,11,18,20H,9-10H2,(H2,19,21,23). The number of nitrogens with zero attached hydrogens (tertiary/aromatic N) is 1. The van der Waals surface area contributed by atoms with Gasteiger partial charge in [-0.25, -0.2) is 17.9 Å². The fraction of sp³-hybridized carbons (Fsp3) is 0.118. The number of aromatic nitrogens is 1. The number of urea groups is 1. The van der Waals surface area contributed by atoms with Crippen molar-refractivity contribution in [2.24, 2.45) is 0 Å². The van der Waals surface area contributed by atoms with Gasteiger partial charge in [0.1, 0.15) is 0 Å². The number of H-pyrrole nitrogens is 1. The van der Waals surface area contributed by atoms with Crippen LogP contribution in [0.25, 0.3) is 10.9 Å². The van der Waals surface area contributed by atoms with E-state index in [0.29, 0.717) is 5.69 Å². The Hall–Kier alpha value is -3.44. The number of amides is 2. The molecule has 0 radical (unpaired) electrons. The van der Waals surface area contributed by atoms with E-state index >= 15 is 0 Å². The number of fused-ring (bicyclic) bond motifs is 1. The summed E-state index contributed by atoms with van der Waals surface area (Å²) < 4.78 is 26.7. The van der Waals surface area contributed by atoms with Gasteiger partial charge in [-0.1, -0.05) is 12.1 Å². The average Bonchev–Trinajstić information content (AvgIpc) is 3.15. The van der Waals surface area contributed by atoms with E-state index in [2.05, 4.69) is 20.3 Å². The topological polar surface area (TPSA) is 146 Å². The number of hydrogen-bond acceptors (Lipinski definition) is 5. The van der Waals surface area contributed by atoms with Crippen molar-refractivity contribution in [3.63, 3.8) is 0 Å². The van der Waals surface area contributed by atoms with Crippen LogP contribution in [0.3, 0.4) is 0 Å². The molecule has 0 aliphatic rings. The first kappa shape index (κ1) is 19.3. The maximum absolute atomic E-state index is 12.2. The minimum absolute atomic E-state index is 0.0309. The number of carbonyl (C=O) groups excluding carboxylic acids is 1. The van der Waals surface area contributed by atoms with Crippen LogP contribution in [0.2, 0.25) is 0 Å². The molecule has 3 rings (SSSR count). The summed E-state index contributed by atoms with van der Waals surface area (Å²) in [6, 6.07) is 11.5. The van der Waals surface area contributed by atoms with Crippen LogP contribution in [-0.4, -0.2) is 37.4 Å². The van der Waals surface area contributed by atoms with Gasteiger partial charge in [-0.2, -0.15) is 0 Å². The van der Waals surface area contributed by atoms with Gasteiger partial charge in [-0.05, 0) is 24.3 Å². The molecule has 10 nitrogen and oxygen atoms in total. The lowest BCUT2D eigenvalue weighted by atomic mass is 10.2. The molecule has 0 fully saturated rings. The van der Waals surface area contributed by atoms with Gasteiger partial charge >= 0.3 is 6.03 Å². The zero-order chi connectivity index (χ0) is 20.1. The van der Waals surface area contributed by atoms with Crippen LogP contribution in [0.4, 0.5) is 16.2 Å². The Morgan fingerprint density at radius 2 is 1.89 bits per heavy atom. The maximum Gasteiger partial charge on any atom is 0.319 e. The predicted molar refractivity (Wildman–Crippen MR) is 104 cm³/mol. The summed E-state index contributed by atoms with van der Waals surface area (Å²) in [5.41, 5.74) is 1.18. The second-order valence-electron chi connectivity index (χ2n) is 5.78. The van der Waals surface area contributed by atoms with Gasteiger partial charge in [0.15, 0.2) is 0 Å². The zero-order valence-electron chi connectivity index (χ0n) is 14.5. The van der Waals surface area contributed by atoms with Crippen LogP contribution < -0.4 is 15.4 Å². The molecule has 2 aromatic carbocycles. The summed E-state index contributed by atoms with van der Waals surface area (Å²) in [6.07, 6.45) is 1.76. The van der Waals surface area contributed by atoms with E-state index in [1.54, 1.807) is 18.3 Å². The summed E-state index contributed by atoms with van der Waals surface area (Å²) in [6.45, 7) is -0.0457. The zero-order valence-corrected chi connectivity index (χ0v) is 15.3. The first-order valence-electron chi connectivity index (χ1n) is 8.22. The molecule has 1 heterocycles. The quantitative estimate of drug-likeness (QED) is 0.271. The Kier molecular flexibility index (Phi) is 5.57. The lowest BCUT2D eigenvalue weighted by molar-refractivity contribution is -0.385. The highest BCUT2D eigenvalue weighted by atomic mass is 32.2. The van der Waals surface area contributed by atoms with E-state index in [0.717, 1.165) is 17.0 Å². The van der Waals surface area contributed by atoms with Crippen molar-refractivity contribution in [2.75, 3.05) is 18.4 Å². The van der Waals surface area contributed by atoms with Crippen molar-refractivity contribution in [2.45, 2.75) is 4.90 Å². The molecule has 0 aliphatic heterocycles. The molecule has 0 spiro atoms. The van der Waals surface area contributed by atoms with E-state index in [1.165, 1.54) is 18.2 Å². The lowest BCUT2D eigenvalue weighted by Crippen LogP contribution is -2.36. The van der Waals surface area contributed by atoms with Gasteiger partial charge < -0.3 is 15.6 Å². The Balaban J connectivity index is 1.52. The molecule has 0 aliphatic carbocycles. The predicted octanol–water partition coefficient (Wildman–Crippen LogP) is 2.18. The van der Waals surface area contributed by atoms with Crippen LogP contribution in [0.1, 0.15) is 0 Å². The fourth-order valence-electron chi connectivity index (χ4n) is 2.57. The summed E-state index contributed by atoms with van der Waals surface area (Å²) >= 11 is 0. The Labute approximate surface area is 160 Å². The average molecular weight is 403 g/mol. The highest BCUT2D eigenvalue weighted by molar-refractivity contribution is 7.89. The van der Waals surface area contributed by atoms with Crippen LogP contribution >= 0.6 is 0 Å².